The molecule has 1 aliphatic heterocycles. The van der Waals surface area contributed by atoms with E-state index in [1.165, 1.54) is 0 Å². The van der Waals surface area contributed by atoms with E-state index in [1.807, 2.05) is 19.1 Å². The van der Waals surface area contributed by atoms with E-state index in [0.29, 0.717) is 38.8 Å². The molecule has 0 bridgehead atoms. The Bertz CT molecular complexity index is 623. The minimum atomic E-state index is -0.126. The fourth-order valence-corrected chi connectivity index (χ4v) is 3.04. The van der Waals surface area contributed by atoms with Crippen molar-refractivity contribution in [2.45, 2.75) is 26.3 Å². The Kier molecular flexibility index (Phi) is 8.83. The lowest BCUT2D eigenvalue weighted by Gasteiger charge is -2.34. The van der Waals surface area contributed by atoms with Gasteiger partial charge in [-0.15, -0.1) is 0 Å². The molecule has 1 fully saturated rings. The zero-order chi connectivity index (χ0) is 19.5. The molecule has 27 heavy (non-hydrogen) atoms. The molecule has 2 rings (SSSR count). The van der Waals surface area contributed by atoms with Gasteiger partial charge in [-0.05, 0) is 25.8 Å². The van der Waals surface area contributed by atoms with Crippen LogP contribution in [0.1, 0.15) is 25.3 Å². The number of carbonyl (C=O) groups is 1. The molecule has 0 amide bonds. The molecule has 0 radical (unpaired) electrons. The number of esters is 1. The number of nitrogens with one attached hydrogen (secondary N) is 1. The molecule has 1 unspecified atom stereocenters. The van der Waals surface area contributed by atoms with Gasteiger partial charge in [0.15, 0.2) is 5.96 Å². The van der Waals surface area contributed by atoms with Crippen LogP contribution in [-0.4, -0.2) is 68.9 Å². The van der Waals surface area contributed by atoms with Gasteiger partial charge in [0.1, 0.15) is 6.61 Å². The van der Waals surface area contributed by atoms with E-state index in [0.717, 1.165) is 30.9 Å². The maximum Gasteiger partial charge on any atom is 0.310 e. The van der Waals surface area contributed by atoms with Gasteiger partial charge >= 0.3 is 5.97 Å². The van der Waals surface area contributed by atoms with Crippen LogP contribution in [0.5, 0.6) is 5.88 Å². The number of hydrogen-bond acceptors (Lipinski definition) is 6. The van der Waals surface area contributed by atoms with Gasteiger partial charge in [-0.3, -0.25) is 9.79 Å². The first-order chi connectivity index (χ1) is 13.2. The molecule has 0 aliphatic carbocycles. The van der Waals surface area contributed by atoms with Gasteiger partial charge in [-0.25, -0.2) is 4.98 Å². The Morgan fingerprint density at radius 3 is 3.04 bits per heavy atom. The molecule has 1 atom stereocenters. The number of aromatic nitrogens is 1. The van der Waals surface area contributed by atoms with E-state index < -0.39 is 0 Å². The number of nitrogens with zero attached hydrogens (tertiary/aromatic N) is 3. The van der Waals surface area contributed by atoms with Crippen molar-refractivity contribution in [2.75, 3.05) is 47.1 Å². The summed E-state index contributed by atoms with van der Waals surface area (Å²) in [5.74, 6) is 1.11. The quantitative estimate of drug-likeness (QED) is 0.317. The summed E-state index contributed by atoms with van der Waals surface area (Å²) in [4.78, 5) is 22.8. The van der Waals surface area contributed by atoms with Crippen LogP contribution < -0.4 is 10.1 Å². The highest BCUT2D eigenvalue weighted by Crippen LogP contribution is 2.19. The molecule has 0 aromatic carbocycles. The highest BCUT2D eigenvalue weighted by Gasteiger charge is 2.28. The predicted octanol–water partition coefficient (Wildman–Crippen LogP) is 1.46. The molecule has 1 aromatic rings. The summed E-state index contributed by atoms with van der Waals surface area (Å²) < 4.78 is 15.9. The maximum atomic E-state index is 12.1. The minimum Gasteiger partial charge on any atom is -0.475 e. The molecule has 1 aromatic heterocycles. The second kappa shape index (κ2) is 11.4. The van der Waals surface area contributed by atoms with E-state index in [4.69, 9.17) is 14.2 Å². The van der Waals surface area contributed by atoms with Crippen molar-refractivity contribution >= 4 is 11.9 Å². The Morgan fingerprint density at radius 2 is 2.30 bits per heavy atom. The number of ether oxygens (including phenoxy) is 3. The number of guanidine groups is 1. The normalized spacial score (nSPS) is 17.5. The monoisotopic (exact) mass is 378 g/mol. The lowest BCUT2D eigenvalue weighted by Crippen LogP contribution is -2.48. The fourth-order valence-electron chi connectivity index (χ4n) is 3.04. The average Bonchev–Trinajstić information content (AvgIpc) is 2.70. The fraction of sp³-hybridized carbons (Fsp3) is 0.632. The van der Waals surface area contributed by atoms with E-state index in [-0.39, 0.29) is 11.9 Å². The summed E-state index contributed by atoms with van der Waals surface area (Å²) in [6.07, 6.45) is 3.49. The second-order valence-electron chi connectivity index (χ2n) is 6.25. The van der Waals surface area contributed by atoms with Crippen LogP contribution in [0.4, 0.5) is 0 Å². The lowest BCUT2D eigenvalue weighted by molar-refractivity contribution is -0.149. The first-order valence-corrected chi connectivity index (χ1v) is 9.37. The SMILES string of the molecule is CCOC(=O)C1CCCN(C(=NC)NCc2cccnc2OCCOC)C1. The summed E-state index contributed by atoms with van der Waals surface area (Å²) in [7, 11) is 3.38. The molecule has 8 heteroatoms. The zero-order valence-corrected chi connectivity index (χ0v) is 16.4. The largest absolute Gasteiger partial charge is 0.475 e. The third-order valence-corrected chi connectivity index (χ3v) is 4.37. The highest BCUT2D eigenvalue weighted by atomic mass is 16.5. The Hall–Kier alpha value is -2.35. The number of hydrogen-bond donors (Lipinski definition) is 1. The van der Waals surface area contributed by atoms with Crippen molar-refractivity contribution in [2.24, 2.45) is 10.9 Å². The van der Waals surface area contributed by atoms with Crippen molar-refractivity contribution < 1.29 is 19.0 Å². The number of methoxy groups -OCH3 is 1. The average molecular weight is 378 g/mol. The summed E-state index contributed by atoms with van der Waals surface area (Å²) >= 11 is 0. The van der Waals surface area contributed by atoms with E-state index in [9.17, 15) is 4.79 Å². The van der Waals surface area contributed by atoms with Crippen LogP contribution in [0, 0.1) is 5.92 Å². The van der Waals surface area contributed by atoms with Gasteiger partial charge in [0.2, 0.25) is 5.88 Å². The van der Waals surface area contributed by atoms with E-state index >= 15 is 0 Å². The number of likely N-dealkylation sites (tertiary alicyclic amines) is 1. The van der Waals surface area contributed by atoms with E-state index in [1.54, 1.807) is 20.4 Å². The van der Waals surface area contributed by atoms with Crippen LogP contribution in [0.3, 0.4) is 0 Å². The van der Waals surface area contributed by atoms with Crippen molar-refractivity contribution in [3.05, 3.63) is 23.9 Å². The van der Waals surface area contributed by atoms with Gasteiger partial charge in [0.25, 0.3) is 0 Å². The Labute approximate surface area is 160 Å². The third-order valence-electron chi connectivity index (χ3n) is 4.37. The number of piperidine rings is 1. The second-order valence-corrected chi connectivity index (χ2v) is 6.25. The van der Waals surface area contributed by atoms with E-state index in [2.05, 4.69) is 20.2 Å². The minimum absolute atomic E-state index is 0.108. The van der Waals surface area contributed by atoms with Gasteiger partial charge in [-0.2, -0.15) is 0 Å². The van der Waals surface area contributed by atoms with Crippen LogP contribution in [0.15, 0.2) is 23.3 Å². The zero-order valence-electron chi connectivity index (χ0n) is 16.4. The molecular formula is C19H30N4O4. The smallest absolute Gasteiger partial charge is 0.310 e. The van der Waals surface area contributed by atoms with Crippen LogP contribution in [-0.2, 0) is 20.8 Å². The third kappa shape index (κ3) is 6.39. The van der Waals surface area contributed by atoms with Gasteiger partial charge < -0.3 is 24.4 Å². The maximum absolute atomic E-state index is 12.1. The summed E-state index contributed by atoms with van der Waals surface area (Å²) in [6, 6.07) is 3.84. The standard InChI is InChI=1S/C19H30N4O4/c1-4-26-18(24)16-8-6-10-23(14-16)19(20-2)22-13-15-7-5-9-21-17(15)27-12-11-25-3/h5,7,9,16H,4,6,8,10-14H2,1-3H3,(H,20,22). The molecule has 0 saturated carbocycles. The molecule has 2 heterocycles. The van der Waals surface area contributed by atoms with Crippen LogP contribution in [0.25, 0.3) is 0 Å². The van der Waals surface area contributed by atoms with Crippen LogP contribution >= 0.6 is 0 Å². The van der Waals surface area contributed by atoms with Crippen molar-refractivity contribution in [3.8, 4) is 5.88 Å². The van der Waals surface area contributed by atoms with Crippen molar-refractivity contribution in [1.29, 1.82) is 0 Å². The molecule has 1 N–H and O–H groups in total. The molecule has 150 valence electrons. The summed E-state index contributed by atoms with van der Waals surface area (Å²) in [5, 5.41) is 3.35. The molecule has 8 nitrogen and oxygen atoms in total. The lowest BCUT2D eigenvalue weighted by atomic mass is 9.98. The van der Waals surface area contributed by atoms with Gasteiger partial charge in [-0.1, -0.05) is 6.07 Å². The first-order valence-electron chi connectivity index (χ1n) is 9.37. The molecule has 1 saturated heterocycles. The predicted molar refractivity (Wildman–Crippen MR) is 103 cm³/mol. The summed E-state index contributed by atoms with van der Waals surface area (Å²) in [5.41, 5.74) is 0.939. The first kappa shape index (κ1) is 21.0. The van der Waals surface area contributed by atoms with Crippen LogP contribution in [0.2, 0.25) is 0 Å². The van der Waals surface area contributed by atoms with Crippen molar-refractivity contribution in [3.63, 3.8) is 0 Å². The molecular weight excluding hydrogens is 348 g/mol. The molecule has 1 aliphatic rings. The highest BCUT2D eigenvalue weighted by molar-refractivity contribution is 5.81. The van der Waals surface area contributed by atoms with Crippen molar-refractivity contribution in [1.82, 2.24) is 15.2 Å². The topological polar surface area (TPSA) is 85.3 Å². The number of carbonyl (C=O) groups excluding carboxylic acids is 1. The molecule has 0 spiro atoms. The van der Waals surface area contributed by atoms with Gasteiger partial charge in [0, 0.05) is 45.6 Å². The number of rotatable bonds is 8. The Balaban J connectivity index is 1.95. The number of aliphatic imine (C=N–C) groups is 1. The Morgan fingerprint density at radius 1 is 1.44 bits per heavy atom. The number of pyridine rings is 1. The van der Waals surface area contributed by atoms with Gasteiger partial charge in [0.05, 0.1) is 19.1 Å². The summed E-state index contributed by atoms with van der Waals surface area (Å²) in [6.45, 7) is 5.21.